The molecule has 1 aliphatic heterocycles. The second kappa shape index (κ2) is 6.72. The molecule has 1 aliphatic rings. The molecule has 0 radical (unpaired) electrons. The molecule has 3 heterocycles. The van der Waals surface area contributed by atoms with Gasteiger partial charge in [0.25, 0.3) is 0 Å². The van der Waals surface area contributed by atoms with E-state index in [1.54, 1.807) is 0 Å². The molecule has 1 fully saturated rings. The number of aryl methyl sites for hydroxylation is 4. The Morgan fingerprint density at radius 1 is 1.33 bits per heavy atom. The summed E-state index contributed by atoms with van der Waals surface area (Å²) in [5.41, 5.74) is 2.48. The van der Waals surface area contributed by atoms with Crippen LogP contribution in [0, 0.1) is 27.7 Å². The molecule has 0 bridgehead atoms. The maximum atomic E-state index is 12.4. The molecule has 1 atom stereocenters. The largest absolute Gasteiger partial charge is 0.322 e. The minimum Gasteiger partial charge on any atom is -0.322 e. The van der Waals surface area contributed by atoms with Gasteiger partial charge in [0.1, 0.15) is 11.6 Å². The van der Waals surface area contributed by atoms with Crippen molar-refractivity contribution < 1.29 is 4.79 Å². The van der Waals surface area contributed by atoms with E-state index in [2.05, 4.69) is 30.5 Å². The van der Waals surface area contributed by atoms with Crippen molar-refractivity contribution in [2.24, 2.45) is 0 Å². The van der Waals surface area contributed by atoms with Crippen LogP contribution in [0.5, 0.6) is 0 Å². The Kier molecular flexibility index (Phi) is 4.66. The van der Waals surface area contributed by atoms with Gasteiger partial charge in [0, 0.05) is 6.04 Å². The number of amides is 1. The molecule has 1 amide bonds. The summed E-state index contributed by atoms with van der Waals surface area (Å²) >= 11 is 0. The number of carbonyl (C=O) groups is 1. The standard InChI is InChI=1S/C16H25N7O/c1-10-16(11(2)20-19-10)18-15(24)9-22-7-5-6-14(22)8-23-13(4)17-12(3)21-23/h14H,5-9H2,1-4H3,(H,18,24)(H,19,20)/t14-/m0/s1. The number of carbonyl (C=O) groups excluding carboxylic acids is 1. The van der Waals surface area contributed by atoms with Crippen LogP contribution in [0.25, 0.3) is 0 Å². The zero-order chi connectivity index (χ0) is 17.3. The van der Waals surface area contributed by atoms with Crippen molar-refractivity contribution in [1.29, 1.82) is 0 Å². The van der Waals surface area contributed by atoms with Crippen LogP contribution in [0.2, 0.25) is 0 Å². The van der Waals surface area contributed by atoms with Crippen LogP contribution >= 0.6 is 0 Å². The quantitative estimate of drug-likeness (QED) is 0.862. The number of likely N-dealkylation sites (tertiary alicyclic amines) is 1. The fourth-order valence-corrected chi connectivity index (χ4v) is 3.34. The number of nitrogens with one attached hydrogen (secondary N) is 2. The first-order valence-electron chi connectivity index (χ1n) is 8.37. The molecule has 3 rings (SSSR count). The van der Waals surface area contributed by atoms with Crippen molar-refractivity contribution in [3.63, 3.8) is 0 Å². The SMILES string of the molecule is Cc1nc(C)n(C[C@@H]2CCCN2CC(=O)Nc2c(C)n[nH]c2C)n1. The van der Waals surface area contributed by atoms with Crippen molar-refractivity contribution in [2.45, 2.75) is 53.1 Å². The average molecular weight is 331 g/mol. The topological polar surface area (TPSA) is 91.7 Å². The van der Waals surface area contributed by atoms with Gasteiger partial charge in [-0.2, -0.15) is 10.2 Å². The highest BCUT2D eigenvalue weighted by atomic mass is 16.2. The number of anilines is 1. The first kappa shape index (κ1) is 16.6. The predicted molar refractivity (Wildman–Crippen MR) is 90.8 cm³/mol. The molecule has 2 aromatic heterocycles. The van der Waals surface area contributed by atoms with Gasteiger partial charge in [-0.05, 0) is 47.1 Å². The molecule has 0 unspecified atom stereocenters. The summed E-state index contributed by atoms with van der Waals surface area (Å²) in [6.07, 6.45) is 2.18. The zero-order valence-electron chi connectivity index (χ0n) is 14.8. The lowest BCUT2D eigenvalue weighted by molar-refractivity contribution is -0.117. The van der Waals surface area contributed by atoms with Crippen molar-refractivity contribution in [2.75, 3.05) is 18.4 Å². The third-order valence-electron chi connectivity index (χ3n) is 4.58. The fourth-order valence-electron chi connectivity index (χ4n) is 3.34. The number of H-pyrrole nitrogens is 1. The summed E-state index contributed by atoms with van der Waals surface area (Å²) in [6, 6.07) is 0.321. The van der Waals surface area contributed by atoms with Crippen LogP contribution in [0.1, 0.15) is 35.9 Å². The molecule has 130 valence electrons. The highest BCUT2D eigenvalue weighted by molar-refractivity contribution is 5.93. The smallest absolute Gasteiger partial charge is 0.238 e. The van der Waals surface area contributed by atoms with Crippen LogP contribution < -0.4 is 5.32 Å². The second-order valence-corrected chi connectivity index (χ2v) is 6.51. The Hall–Kier alpha value is -2.22. The third kappa shape index (κ3) is 3.48. The number of rotatable bonds is 5. The Labute approximate surface area is 141 Å². The number of aromatic nitrogens is 5. The fraction of sp³-hybridized carbons (Fsp3) is 0.625. The highest BCUT2D eigenvalue weighted by Crippen LogP contribution is 2.20. The molecule has 0 aliphatic carbocycles. The summed E-state index contributed by atoms with van der Waals surface area (Å²) in [7, 11) is 0. The molecule has 0 saturated carbocycles. The molecule has 0 spiro atoms. The Morgan fingerprint density at radius 2 is 2.12 bits per heavy atom. The molecule has 0 aromatic carbocycles. The Balaban J connectivity index is 1.61. The average Bonchev–Trinajstić information content (AvgIpc) is 3.17. The lowest BCUT2D eigenvalue weighted by atomic mass is 10.2. The van der Waals surface area contributed by atoms with Crippen LogP contribution in [0.3, 0.4) is 0 Å². The molecule has 24 heavy (non-hydrogen) atoms. The van der Waals surface area contributed by atoms with Gasteiger partial charge in [0.15, 0.2) is 0 Å². The number of nitrogens with zero attached hydrogens (tertiary/aromatic N) is 5. The normalized spacial score (nSPS) is 18.2. The molecule has 8 heteroatoms. The van der Waals surface area contributed by atoms with Crippen molar-refractivity contribution in [1.82, 2.24) is 29.9 Å². The van der Waals surface area contributed by atoms with E-state index < -0.39 is 0 Å². The first-order valence-corrected chi connectivity index (χ1v) is 8.37. The number of hydrogen-bond donors (Lipinski definition) is 2. The molecular weight excluding hydrogens is 306 g/mol. The van der Waals surface area contributed by atoms with E-state index in [1.165, 1.54) is 0 Å². The predicted octanol–water partition coefficient (Wildman–Crippen LogP) is 1.34. The van der Waals surface area contributed by atoms with Gasteiger partial charge in [-0.15, -0.1) is 0 Å². The monoisotopic (exact) mass is 331 g/mol. The van der Waals surface area contributed by atoms with Crippen LogP contribution in [-0.4, -0.2) is 54.9 Å². The second-order valence-electron chi connectivity index (χ2n) is 6.51. The van der Waals surface area contributed by atoms with Gasteiger partial charge in [-0.3, -0.25) is 14.8 Å². The summed E-state index contributed by atoms with van der Waals surface area (Å²) in [5, 5.41) is 14.4. The molecule has 2 N–H and O–H groups in total. The lowest BCUT2D eigenvalue weighted by Crippen LogP contribution is -2.39. The van der Waals surface area contributed by atoms with Gasteiger partial charge >= 0.3 is 0 Å². The van der Waals surface area contributed by atoms with Crippen LogP contribution in [0.4, 0.5) is 5.69 Å². The van der Waals surface area contributed by atoms with E-state index >= 15 is 0 Å². The zero-order valence-corrected chi connectivity index (χ0v) is 14.8. The van der Waals surface area contributed by atoms with E-state index in [9.17, 15) is 4.79 Å². The van der Waals surface area contributed by atoms with E-state index in [0.29, 0.717) is 12.6 Å². The molecule has 8 nitrogen and oxygen atoms in total. The Morgan fingerprint density at radius 3 is 2.75 bits per heavy atom. The van der Waals surface area contributed by atoms with Gasteiger partial charge in [-0.1, -0.05) is 0 Å². The van der Waals surface area contributed by atoms with E-state index in [-0.39, 0.29) is 5.91 Å². The minimum absolute atomic E-state index is 0.000919. The molecule has 2 aromatic rings. The third-order valence-corrected chi connectivity index (χ3v) is 4.58. The summed E-state index contributed by atoms with van der Waals surface area (Å²) < 4.78 is 1.95. The summed E-state index contributed by atoms with van der Waals surface area (Å²) in [4.78, 5) is 19.0. The maximum absolute atomic E-state index is 12.4. The van der Waals surface area contributed by atoms with Gasteiger partial charge < -0.3 is 5.32 Å². The number of hydrogen-bond acceptors (Lipinski definition) is 5. The van der Waals surface area contributed by atoms with Gasteiger partial charge in [0.2, 0.25) is 5.91 Å². The summed E-state index contributed by atoms with van der Waals surface area (Å²) in [6.45, 7) is 9.77. The van der Waals surface area contributed by atoms with E-state index in [0.717, 1.165) is 54.7 Å². The van der Waals surface area contributed by atoms with E-state index in [4.69, 9.17) is 0 Å². The number of aromatic amines is 1. The Bertz CT molecular complexity index is 713. The van der Waals surface area contributed by atoms with E-state index in [1.807, 2.05) is 32.4 Å². The van der Waals surface area contributed by atoms with Crippen molar-refractivity contribution in [3.05, 3.63) is 23.0 Å². The lowest BCUT2D eigenvalue weighted by Gasteiger charge is -2.24. The van der Waals surface area contributed by atoms with Gasteiger partial charge in [0.05, 0.1) is 30.2 Å². The first-order chi connectivity index (χ1) is 11.4. The maximum Gasteiger partial charge on any atom is 0.238 e. The summed E-state index contributed by atoms with van der Waals surface area (Å²) in [5.74, 6) is 1.72. The van der Waals surface area contributed by atoms with Crippen molar-refractivity contribution >= 4 is 11.6 Å². The highest BCUT2D eigenvalue weighted by Gasteiger charge is 2.27. The van der Waals surface area contributed by atoms with Crippen LogP contribution in [0.15, 0.2) is 0 Å². The van der Waals surface area contributed by atoms with Crippen LogP contribution in [-0.2, 0) is 11.3 Å². The minimum atomic E-state index is 0.000919. The van der Waals surface area contributed by atoms with Crippen molar-refractivity contribution in [3.8, 4) is 0 Å². The molecule has 1 saturated heterocycles. The van der Waals surface area contributed by atoms with Gasteiger partial charge in [-0.25, -0.2) is 9.67 Å². The molecular formula is C16H25N7O.